The van der Waals surface area contributed by atoms with Crippen LogP contribution in [0.1, 0.15) is 25.2 Å². The van der Waals surface area contributed by atoms with Gasteiger partial charge in [0.25, 0.3) is 0 Å². The Morgan fingerprint density at radius 2 is 2.11 bits per heavy atom. The van der Waals surface area contributed by atoms with Crippen LogP contribution >= 0.6 is 0 Å². The fourth-order valence-electron chi connectivity index (χ4n) is 1.90. The van der Waals surface area contributed by atoms with E-state index in [2.05, 4.69) is 40.1 Å². The highest BCUT2D eigenvalue weighted by atomic mass is 15.3. The predicted molar refractivity (Wildman–Crippen MR) is 70.8 cm³/mol. The third-order valence-electron chi connectivity index (χ3n) is 2.72. The Kier molecular flexibility index (Phi) is 4.15. The van der Waals surface area contributed by atoms with Crippen molar-refractivity contribution >= 4 is 0 Å². The van der Waals surface area contributed by atoms with Crippen LogP contribution in [0.15, 0.2) is 24.5 Å². The quantitative estimate of drug-likeness (QED) is 0.842. The molecular weight excluding hydrogens is 226 g/mol. The maximum absolute atomic E-state index is 4.34. The van der Waals surface area contributed by atoms with E-state index in [4.69, 9.17) is 0 Å². The van der Waals surface area contributed by atoms with Gasteiger partial charge < -0.3 is 5.32 Å². The third kappa shape index (κ3) is 3.43. The van der Waals surface area contributed by atoms with Gasteiger partial charge in [-0.25, -0.2) is 0 Å². The number of nitrogens with zero attached hydrogens (tertiary/aromatic N) is 4. The van der Waals surface area contributed by atoms with Crippen molar-refractivity contribution in [3.8, 4) is 0 Å². The van der Waals surface area contributed by atoms with E-state index in [1.165, 1.54) is 5.69 Å². The fourth-order valence-corrected chi connectivity index (χ4v) is 1.90. The minimum Gasteiger partial charge on any atom is -0.305 e. The first kappa shape index (κ1) is 12.8. The van der Waals surface area contributed by atoms with E-state index in [0.29, 0.717) is 5.92 Å². The van der Waals surface area contributed by atoms with Crippen molar-refractivity contribution in [3.63, 3.8) is 0 Å². The minimum absolute atomic E-state index is 0.611. The van der Waals surface area contributed by atoms with Gasteiger partial charge >= 0.3 is 0 Å². The summed E-state index contributed by atoms with van der Waals surface area (Å²) in [7, 11) is 1.93. The Bertz CT molecular complexity index is 483. The van der Waals surface area contributed by atoms with Crippen LogP contribution in [0.2, 0.25) is 0 Å². The molecule has 0 amide bonds. The normalized spacial score (nSPS) is 11.3. The molecule has 0 spiro atoms. The first-order valence-corrected chi connectivity index (χ1v) is 6.35. The van der Waals surface area contributed by atoms with Crippen LogP contribution < -0.4 is 5.32 Å². The van der Waals surface area contributed by atoms with E-state index in [1.807, 2.05) is 30.2 Å². The Balaban J connectivity index is 1.84. The second-order valence-corrected chi connectivity index (χ2v) is 4.98. The maximum Gasteiger partial charge on any atom is 0.0762 e. The third-order valence-corrected chi connectivity index (χ3v) is 2.72. The lowest BCUT2D eigenvalue weighted by atomic mass is 10.2. The van der Waals surface area contributed by atoms with Crippen LogP contribution in [0.4, 0.5) is 0 Å². The molecule has 0 radical (unpaired) electrons. The smallest absolute Gasteiger partial charge is 0.0762 e. The molecule has 0 saturated heterocycles. The molecule has 0 fully saturated rings. The number of nitrogens with one attached hydrogen (secondary N) is 1. The molecule has 0 aliphatic heterocycles. The summed E-state index contributed by atoms with van der Waals surface area (Å²) in [6.45, 7) is 6.98. The highest BCUT2D eigenvalue weighted by molar-refractivity contribution is 5.02. The standard InChI is InChI=1S/C13H21N5/c1-11(2)10-18-13(4-6-15-18)9-14-8-12-5-7-17(3)16-12/h4-7,11,14H,8-10H2,1-3H3. The SMILES string of the molecule is CC(C)Cn1nccc1CNCc1ccn(C)n1. The largest absolute Gasteiger partial charge is 0.305 e. The van der Waals surface area contributed by atoms with Crippen molar-refractivity contribution in [3.05, 3.63) is 35.9 Å². The zero-order valence-electron chi connectivity index (χ0n) is 11.3. The minimum atomic E-state index is 0.611. The summed E-state index contributed by atoms with van der Waals surface area (Å²) in [6, 6.07) is 4.09. The molecule has 5 nitrogen and oxygen atoms in total. The van der Waals surface area contributed by atoms with E-state index in [9.17, 15) is 0 Å². The van der Waals surface area contributed by atoms with Gasteiger partial charge in [-0.05, 0) is 18.1 Å². The second kappa shape index (κ2) is 5.82. The molecule has 5 heteroatoms. The van der Waals surface area contributed by atoms with Gasteiger partial charge in [0.1, 0.15) is 0 Å². The number of aryl methyl sites for hydroxylation is 1. The Hall–Kier alpha value is -1.62. The average Bonchev–Trinajstić information content (AvgIpc) is 2.88. The summed E-state index contributed by atoms with van der Waals surface area (Å²) in [5.41, 5.74) is 2.28. The van der Waals surface area contributed by atoms with Gasteiger partial charge in [0.05, 0.1) is 11.4 Å². The van der Waals surface area contributed by atoms with Crippen molar-refractivity contribution in [2.45, 2.75) is 33.5 Å². The van der Waals surface area contributed by atoms with Crippen LogP contribution in [0.3, 0.4) is 0 Å². The van der Waals surface area contributed by atoms with E-state index >= 15 is 0 Å². The zero-order valence-corrected chi connectivity index (χ0v) is 11.3. The van der Waals surface area contributed by atoms with Crippen LogP contribution in [0.25, 0.3) is 0 Å². The number of rotatable bonds is 6. The van der Waals surface area contributed by atoms with Crippen molar-refractivity contribution < 1.29 is 0 Å². The van der Waals surface area contributed by atoms with Crippen molar-refractivity contribution in [1.29, 1.82) is 0 Å². The highest BCUT2D eigenvalue weighted by Gasteiger charge is 2.04. The Labute approximate surface area is 108 Å². The summed E-state index contributed by atoms with van der Waals surface area (Å²) >= 11 is 0. The zero-order chi connectivity index (χ0) is 13.0. The van der Waals surface area contributed by atoms with Gasteiger partial charge in [-0.1, -0.05) is 13.8 Å². The number of aromatic nitrogens is 4. The average molecular weight is 247 g/mol. The lowest BCUT2D eigenvalue weighted by molar-refractivity contribution is 0.460. The number of hydrogen-bond acceptors (Lipinski definition) is 3. The van der Waals surface area contributed by atoms with Gasteiger partial charge in [0.2, 0.25) is 0 Å². The molecule has 2 heterocycles. The lowest BCUT2D eigenvalue weighted by Crippen LogP contribution is -2.18. The molecule has 0 aliphatic rings. The molecule has 0 aliphatic carbocycles. The molecule has 18 heavy (non-hydrogen) atoms. The first-order valence-electron chi connectivity index (χ1n) is 6.35. The van der Waals surface area contributed by atoms with Gasteiger partial charge in [-0.15, -0.1) is 0 Å². The Morgan fingerprint density at radius 3 is 2.78 bits per heavy atom. The monoisotopic (exact) mass is 247 g/mol. The maximum atomic E-state index is 4.34. The topological polar surface area (TPSA) is 47.7 Å². The van der Waals surface area contributed by atoms with E-state index < -0.39 is 0 Å². The van der Waals surface area contributed by atoms with Gasteiger partial charge in [0, 0.05) is 39.1 Å². The molecular formula is C13H21N5. The number of hydrogen-bond donors (Lipinski definition) is 1. The lowest BCUT2D eigenvalue weighted by Gasteiger charge is -2.10. The molecule has 0 bridgehead atoms. The molecule has 1 N–H and O–H groups in total. The predicted octanol–water partition coefficient (Wildman–Crippen LogP) is 1.56. The molecule has 2 aromatic rings. The molecule has 98 valence electrons. The summed E-state index contributed by atoms with van der Waals surface area (Å²) in [5.74, 6) is 0.611. The van der Waals surface area contributed by atoms with Gasteiger partial charge in [0.15, 0.2) is 0 Å². The van der Waals surface area contributed by atoms with Crippen LogP contribution in [-0.4, -0.2) is 19.6 Å². The van der Waals surface area contributed by atoms with Crippen molar-refractivity contribution in [2.75, 3.05) is 0 Å². The van der Waals surface area contributed by atoms with Gasteiger partial charge in [-0.3, -0.25) is 9.36 Å². The molecule has 2 rings (SSSR count). The second-order valence-electron chi connectivity index (χ2n) is 4.98. The van der Waals surface area contributed by atoms with Crippen molar-refractivity contribution in [2.24, 2.45) is 13.0 Å². The van der Waals surface area contributed by atoms with Gasteiger partial charge in [-0.2, -0.15) is 10.2 Å². The van der Waals surface area contributed by atoms with Crippen LogP contribution in [0, 0.1) is 5.92 Å². The van der Waals surface area contributed by atoms with Crippen molar-refractivity contribution in [1.82, 2.24) is 24.9 Å². The first-order chi connectivity index (χ1) is 8.65. The fraction of sp³-hybridized carbons (Fsp3) is 0.538. The molecule has 2 aromatic heterocycles. The summed E-state index contributed by atoms with van der Waals surface area (Å²) in [6.07, 6.45) is 3.82. The van der Waals surface area contributed by atoms with E-state index in [1.54, 1.807) is 0 Å². The highest BCUT2D eigenvalue weighted by Crippen LogP contribution is 2.04. The summed E-state index contributed by atoms with van der Waals surface area (Å²) in [4.78, 5) is 0. The molecule has 0 aromatic carbocycles. The Morgan fingerprint density at radius 1 is 1.28 bits per heavy atom. The van der Waals surface area contributed by atoms with Crippen LogP contribution in [-0.2, 0) is 26.7 Å². The van der Waals surface area contributed by atoms with E-state index in [0.717, 1.165) is 25.3 Å². The molecule has 0 saturated carbocycles. The molecule has 0 atom stereocenters. The van der Waals surface area contributed by atoms with Crippen LogP contribution in [0.5, 0.6) is 0 Å². The van der Waals surface area contributed by atoms with E-state index in [-0.39, 0.29) is 0 Å². The summed E-state index contributed by atoms with van der Waals surface area (Å²) < 4.78 is 3.89. The summed E-state index contributed by atoms with van der Waals surface area (Å²) in [5, 5.41) is 12.1. The molecule has 0 unspecified atom stereocenters.